The van der Waals surface area contributed by atoms with Crippen LogP contribution in [0, 0.1) is 5.92 Å². The highest BCUT2D eigenvalue weighted by Gasteiger charge is 2.45. The van der Waals surface area contributed by atoms with Gasteiger partial charge in [0.15, 0.2) is 22.4 Å². The van der Waals surface area contributed by atoms with Gasteiger partial charge in [0.2, 0.25) is 0 Å². The average molecular weight is 403 g/mol. The Morgan fingerprint density at radius 3 is 1.62 bits per heavy atom. The van der Waals surface area contributed by atoms with Gasteiger partial charge in [0.25, 0.3) is 0 Å². The second kappa shape index (κ2) is 8.80. The summed E-state index contributed by atoms with van der Waals surface area (Å²) in [5.74, 6) is -0.155. The lowest BCUT2D eigenvalue weighted by molar-refractivity contribution is -0.129. The molecule has 0 spiro atoms. The molecule has 0 unspecified atom stereocenters. The minimum Gasteiger partial charge on any atom is -0.413 e. The Hall–Kier alpha value is -0.306. The third-order valence-corrected chi connectivity index (χ3v) is 15.2. The van der Waals surface area contributed by atoms with Crippen molar-refractivity contribution in [3.05, 3.63) is 0 Å². The lowest BCUT2D eigenvalue weighted by Crippen LogP contribution is -2.52. The summed E-state index contributed by atoms with van der Waals surface area (Å²) in [5, 5.41) is 0.0563. The Kier molecular flexibility index (Phi) is 8.69. The third kappa shape index (κ3) is 6.69. The predicted molar refractivity (Wildman–Crippen MR) is 115 cm³/mol. The first-order valence-electron chi connectivity index (χ1n) is 9.67. The summed E-state index contributed by atoms with van der Waals surface area (Å²) in [7, 11) is -4.17. The van der Waals surface area contributed by atoms with E-state index in [9.17, 15) is 9.59 Å². The van der Waals surface area contributed by atoms with E-state index in [-0.39, 0.29) is 34.3 Å². The first-order chi connectivity index (χ1) is 11.4. The number of hydrogen-bond acceptors (Lipinski definition) is 4. The smallest absolute Gasteiger partial charge is 0.193 e. The first-order valence-corrected chi connectivity index (χ1v) is 15.5. The van der Waals surface area contributed by atoms with Crippen molar-refractivity contribution in [1.29, 1.82) is 0 Å². The maximum absolute atomic E-state index is 12.4. The molecule has 6 heteroatoms. The van der Waals surface area contributed by atoms with Crippen LogP contribution in [0.15, 0.2) is 0 Å². The molecule has 0 saturated heterocycles. The van der Waals surface area contributed by atoms with Gasteiger partial charge in [-0.15, -0.1) is 0 Å². The van der Waals surface area contributed by atoms with Crippen molar-refractivity contribution < 1.29 is 18.4 Å². The molecule has 0 aliphatic heterocycles. The lowest BCUT2D eigenvalue weighted by atomic mass is 9.94. The molecule has 26 heavy (non-hydrogen) atoms. The molecule has 4 nitrogen and oxygen atoms in total. The van der Waals surface area contributed by atoms with Gasteiger partial charge in [-0.05, 0) is 43.2 Å². The average Bonchev–Trinajstić information content (AvgIpc) is 2.40. The van der Waals surface area contributed by atoms with Crippen LogP contribution < -0.4 is 0 Å². The normalized spacial score (nSPS) is 17.5. The van der Waals surface area contributed by atoms with Gasteiger partial charge in [-0.25, -0.2) is 0 Å². The lowest BCUT2D eigenvalue weighted by Gasteiger charge is -2.44. The number of hydrogen-bond donors (Lipinski definition) is 0. The highest BCUT2D eigenvalue weighted by molar-refractivity contribution is 6.74. The summed E-state index contributed by atoms with van der Waals surface area (Å²) in [6, 6.07) is 0. The Balaban J connectivity index is 5.66. The Morgan fingerprint density at radius 2 is 1.31 bits per heavy atom. The fourth-order valence-electron chi connectivity index (χ4n) is 2.27. The molecule has 0 amide bonds. The van der Waals surface area contributed by atoms with Crippen molar-refractivity contribution in [3.63, 3.8) is 0 Å². The van der Waals surface area contributed by atoms with Crippen LogP contribution in [0.1, 0.15) is 61.8 Å². The molecule has 0 rings (SSSR count). The molecule has 0 bridgehead atoms. The van der Waals surface area contributed by atoms with Crippen LogP contribution in [0.3, 0.4) is 0 Å². The molecular weight excluding hydrogens is 360 g/mol. The van der Waals surface area contributed by atoms with Crippen LogP contribution in [0.25, 0.3) is 0 Å². The monoisotopic (exact) mass is 402 g/mol. The molecule has 0 N–H and O–H groups in total. The van der Waals surface area contributed by atoms with E-state index in [1.807, 2.05) is 6.92 Å². The van der Waals surface area contributed by atoms with Gasteiger partial charge in [0.1, 0.15) is 12.4 Å². The molecule has 0 radical (unpaired) electrons. The Bertz CT molecular complexity index is 487. The van der Waals surface area contributed by atoms with Crippen molar-refractivity contribution >= 4 is 28.7 Å². The van der Waals surface area contributed by atoms with Gasteiger partial charge < -0.3 is 13.6 Å². The van der Waals surface area contributed by atoms with Crippen LogP contribution in [0.5, 0.6) is 0 Å². The quantitative estimate of drug-likeness (QED) is 0.373. The fraction of sp³-hybridized carbons (Fsp3) is 0.900. The summed E-state index contributed by atoms with van der Waals surface area (Å²) in [6.45, 7) is 25.2. The summed E-state index contributed by atoms with van der Waals surface area (Å²) in [4.78, 5) is 23.7. The van der Waals surface area contributed by atoms with E-state index >= 15 is 0 Å². The van der Waals surface area contributed by atoms with Crippen LogP contribution in [0.2, 0.25) is 36.3 Å². The zero-order chi connectivity index (χ0) is 21.1. The summed E-state index contributed by atoms with van der Waals surface area (Å²) in [5.41, 5.74) is 0. The number of carbonyl (C=O) groups excluding carboxylic acids is 2. The van der Waals surface area contributed by atoms with Crippen LogP contribution in [-0.4, -0.2) is 40.9 Å². The van der Waals surface area contributed by atoms with Crippen LogP contribution in [0.4, 0.5) is 0 Å². The molecule has 0 aromatic carbocycles. The van der Waals surface area contributed by atoms with E-state index in [2.05, 4.69) is 67.7 Å². The van der Waals surface area contributed by atoms with Gasteiger partial charge >= 0.3 is 0 Å². The van der Waals surface area contributed by atoms with E-state index in [1.165, 1.54) is 0 Å². The highest BCUT2D eigenvalue weighted by atomic mass is 28.4. The second-order valence-corrected chi connectivity index (χ2v) is 20.1. The van der Waals surface area contributed by atoms with Gasteiger partial charge in [0.05, 0.1) is 6.10 Å². The van der Waals surface area contributed by atoms with Crippen LogP contribution >= 0.6 is 0 Å². The van der Waals surface area contributed by atoms with Gasteiger partial charge in [-0.1, -0.05) is 48.5 Å². The van der Waals surface area contributed by atoms with E-state index in [4.69, 9.17) is 8.85 Å². The first kappa shape index (κ1) is 25.7. The topological polar surface area (TPSA) is 52.6 Å². The SMILES string of the molecule is CC(=O)[C@@H](O[Si](C)(C)C(C)(C)C)[C@@H](C)[C@@H](CC=O)O[Si](C)(C)C(C)(C)C. The largest absolute Gasteiger partial charge is 0.413 e. The molecule has 0 heterocycles. The van der Waals surface area contributed by atoms with E-state index in [0.29, 0.717) is 0 Å². The molecule has 0 aromatic heterocycles. The maximum atomic E-state index is 12.4. The number of rotatable bonds is 9. The van der Waals surface area contributed by atoms with Gasteiger partial charge in [-0.3, -0.25) is 4.79 Å². The summed E-state index contributed by atoms with van der Waals surface area (Å²) >= 11 is 0. The van der Waals surface area contributed by atoms with E-state index in [0.717, 1.165) is 6.29 Å². The number of aldehydes is 1. The van der Waals surface area contributed by atoms with Gasteiger partial charge in [-0.2, -0.15) is 0 Å². The standard InChI is InChI=1S/C20H42O4Si2/c1-15(17(13-14-21)23-25(9,10)19(3,4)5)18(16(2)22)24-26(11,12)20(6,7)8/h14-15,17-18H,13H2,1-12H3/t15-,17+,18-/m0/s1. The van der Waals surface area contributed by atoms with Crippen molar-refractivity contribution in [2.45, 2.75) is 110 Å². The van der Waals surface area contributed by atoms with Crippen molar-refractivity contribution in [1.82, 2.24) is 0 Å². The predicted octanol–water partition coefficient (Wildman–Crippen LogP) is 5.58. The highest BCUT2D eigenvalue weighted by Crippen LogP contribution is 2.41. The molecular formula is C20H42O4Si2. The fourth-order valence-corrected chi connectivity index (χ4v) is 5.06. The minimum absolute atomic E-state index is 0.0112. The Labute approximate surface area is 163 Å². The molecule has 0 aliphatic carbocycles. The summed E-state index contributed by atoms with van der Waals surface area (Å²) in [6.07, 6.45) is 0.355. The van der Waals surface area contributed by atoms with Crippen molar-refractivity contribution in [2.24, 2.45) is 5.92 Å². The number of ketones is 1. The minimum atomic E-state index is -2.11. The number of carbonyl (C=O) groups is 2. The Morgan fingerprint density at radius 1 is 0.923 bits per heavy atom. The summed E-state index contributed by atoms with van der Waals surface area (Å²) < 4.78 is 13.0. The molecule has 3 atom stereocenters. The van der Waals surface area contributed by atoms with E-state index < -0.39 is 22.7 Å². The molecule has 154 valence electrons. The zero-order valence-corrected chi connectivity index (χ0v) is 21.1. The molecule has 0 saturated carbocycles. The molecule has 0 aromatic rings. The second-order valence-electron chi connectivity index (χ2n) is 10.6. The zero-order valence-electron chi connectivity index (χ0n) is 19.1. The van der Waals surface area contributed by atoms with Crippen molar-refractivity contribution in [3.8, 4) is 0 Å². The molecule has 0 aliphatic rings. The van der Waals surface area contributed by atoms with E-state index in [1.54, 1.807) is 6.92 Å². The number of Topliss-reactive ketones (excluding diaryl/α,β-unsaturated/α-hetero) is 1. The maximum Gasteiger partial charge on any atom is 0.193 e. The van der Waals surface area contributed by atoms with Gasteiger partial charge in [0, 0.05) is 12.3 Å². The van der Waals surface area contributed by atoms with Crippen molar-refractivity contribution in [2.75, 3.05) is 0 Å². The van der Waals surface area contributed by atoms with Crippen LogP contribution in [-0.2, 0) is 18.4 Å². The third-order valence-electron chi connectivity index (χ3n) is 6.27. The molecule has 0 fully saturated rings.